The number of amides is 2. The van der Waals surface area contributed by atoms with Crippen molar-refractivity contribution < 1.29 is 4.79 Å². The molecule has 1 atom stereocenters. The van der Waals surface area contributed by atoms with Crippen LogP contribution in [0.3, 0.4) is 0 Å². The fraction of sp³-hybridized carbons (Fsp3) is 0.462. The zero-order valence-electron chi connectivity index (χ0n) is 10.7. The predicted octanol–water partition coefficient (Wildman–Crippen LogP) is 3.92. The van der Waals surface area contributed by atoms with Crippen molar-refractivity contribution in [3.8, 4) is 0 Å². The third-order valence-electron chi connectivity index (χ3n) is 2.73. The van der Waals surface area contributed by atoms with Gasteiger partial charge in [0.1, 0.15) is 0 Å². The summed E-state index contributed by atoms with van der Waals surface area (Å²) in [5.41, 5.74) is 1.93. The zero-order valence-corrected chi connectivity index (χ0v) is 12.3. The Balaban J connectivity index is 2.62. The molecule has 0 aliphatic carbocycles. The minimum atomic E-state index is -0.171. The van der Waals surface area contributed by atoms with Crippen molar-refractivity contribution in [1.82, 2.24) is 5.32 Å². The van der Waals surface area contributed by atoms with Crippen molar-refractivity contribution in [3.05, 3.63) is 28.2 Å². The molecule has 1 aromatic rings. The summed E-state index contributed by atoms with van der Waals surface area (Å²) in [6, 6.07) is 5.81. The van der Waals surface area contributed by atoms with Crippen LogP contribution in [-0.4, -0.2) is 12.1 Å². The van der Waals surface area contributed by atoms with Gasteiger partial charge in [-0.15, -0.1) is 0 Å². The highest BCUT2D eigenvalue weighted by molar-refractivity contribution is 9.10. The molecule has 0 saturated heterocycles. The van der Waals surface area contributed by atoms with E-state index in [1.165, 1.54) is 0 Å². The first kappa shape index (κ1) is 14.0. The Hall–Kier alpha value is -1.03. The van der Waals surface area contributed by atoms with Gasteiger partial charge in [-0.2, -0.15) is 0 Å². The Morgan fingerprint density at radius 3 is 2.47 bits per heavy atom. The van der Waals surface area contributed by atoms with Crippen LogP contribution < -0.4 is 10.6 Å². The SMILES string of the molecule is Cc1ccc(NC(=O)N[C@H](C)C(C)C)c(Br)c1. The number of halogens is 1. The lowest BCUT2D eigenvalue weighted by Crippen LogP contribution is -2.39. The summed E-state index contributed by atoms with van der Waals surface area (Å²) < 4.78 is 0.893. The van der Waals surface area contributed by atoms with Gasteiger partial charge in [-0.3, -0.25) is 0 Å². The van der Waals surface area contributed by atoms with Crippen LogP contribution in [0.15, 0.2) is 22.7 Å². The molecule has 2 amide bonds. The average molecular weight is 299 g/mol. The molecule has 4 heteroatoms. The van der Waals surface area contributed by atoms with Gasteiger partial charge in [0.25, 0.3) is 0 Å². The number of rotatable bonds is 3. The van der Waals surface area contributed by atoms with Crippen molar-refractivity contribution >= 4 is 27.6 Å². The second kappa shape index (κ2) is 6.05. The molecule has 0 spiro atoms. The maximum atomic E-state index is 11.7. The van der Waals surface area contributed by atoms with Crippen LogP contribution in [0.2, 0.25) is 0 Å². The Morgan fingerprint density at radius 2 is 1.94 bits per heavy atom. The molecule has 0 radical (unpaired) electrons. The standard InChI is InChI=1S/C13H19BrN2O/c1-8(2)10(4)15-13(17)16-12-6-5-9(3)7-11(12)14/h5-8,10H,1-4H3,(H2,15,16,17)/t10-/m1/s1. The summed E-state index contributed by atoms with van der Waals surface area (Å²) in [7, 11) is 0. The quantitative estimate of drug-likeness (QED) is 0.872. The van der Waals surface area contributed by atoms with Gasteiger partial charge in [-0.1, -0.05) is 19.9 Å². The zero-order chi connectivity index (χ0) is 13.0. The minimum Gasteiger partial charge on any atom is -0.335 e. The number of aryl methyl sites for hydroxylation is 1. The third-order valence-corrected chi connectivity index (χ3v) is 3.39. The first-order chi connectivity index (χ1) is 7.90. The van der Waals surface area contributed by atoms with Crippen LogP contribution in [0.5, 0.6) is 0 Å². The van der Waals surface area contributed by atoms with Gasteiger partial charge in [0.05, 0.1) is 5.69 Å². The molecule has 3 nitrogen and oxygen atoms in total. The van der Waals surface area contributed by atoms with E-state index in [2.05, 4.69) is 40.4 Å². The van der Waals surface area contributed by atoms with Crippen LogP contribution >= 0.6 is 15.9 Å². The molecule has 0 aliphatic rings. The van der Waals surface area contributed by atoms with Crippen LogP contribution in [0.25, 0.3) is 0 Å². The highest BCUT2D eigenvalue weighted by Crippen LogP contribution is 2.23. The number of hydrogen-bond donors (Lipinski definition) is 2. The highest BCUT2D eigenvalue weighted by Gasteiger charge is 2.11. The van der Waals surface area contributed by atoms with Crippen molar-refractivity contribution in [2.75, 3.05) is 5.32 Å². The lowest BCUT2D eigenvalue weighted by molar-refractivity contribution is 0.246. The molecule has 0 aliphatic heterocycles. The molecule has 94 valence electrons. The number of anilines is 1. The molecular weight excluding hydrogens is 280 g/mol. The van der Waals surface area contributed by atoms with E-state index in [0.29, 0.717) is 5.92 Å². The van der Waals surface area contributed by atoms with E-state index in [1.807, 2.05) is 32.0 Å². The summed E-state index contributed by atoms with van der Waals surface area (Å²) in [6.45, 7) is 8.16. The van der Waals surface area contributed by atoms with Gasteiger partial charge >= 0.3 is 6.03 Å². The first-order valence-corrected chi connectivity index (χ1v) is 6.53. The summed E-state index contributed by atoms with van der Waals surface area (Å²) in [6.07, 6.45) is 0. The van der Waals surface area contributed by atoms with Gasteiger partial charge in [0.15, 0.2) is 0 Å². The molecule has 0 aromatic heterocycles. The van der Waals surface area contributed by atoms with E-state index in [9.17, 15) is 4.79 Å². The second-order valence-electron chi connectivity index (χ2n) is 4.61. The van der Waals surface area contributed by atoms with E-state index in [-0.39, 0.29) is 12.1 Å². The fourth-order valence-electron chi connectivity index (χ4n) is 1.25. The van der Waals surface area contributed by atoms with Crippen LogP contribution in [0.4, 0.5) is 10.5 Å². The average Bonchev–Trinajstić information content (AvgIpc) is 2.22. The lowest BCUT2D eigenvalue weighted by atomic mass is 10.1. The van der Waals surface area contributed by atoms with Crippen molar-refractivity contribution in [1.29, 1.82) is 0 Å². The predicted molar refractivity (Wildman–Crippen MR) is 75.3 cm³/mol. The fourth-order valence-corrected chi connectivity index (χ4v) is 1.85. The topological polar surface area (TPSA) is 41.1 Å². The molecule has 0 unspecified atom stereocenters. The molecule has 0 fully saturated rings. The molecule has 0 bridgehead atoms. The lowest BCUT2D eigenvalue weighted by Gasteiger charge is -2.18. The Bertz CT molecular complexity index is 404. The maximum absolute atomic E-state index is 11.7. The normalized spacial score (nSPS) is 12.4. The van der Waals surface area contributed by atoms with Crippen LogP contribution in [-0.2, 0) is 0 Å². The second-order valence-corrected chi connectivity index (χ2v) is 5.47. The highest BCUT2D eigenvalue weighted by atomic mass is 79.9. The molecule has 2 N–H and O–H groups in total. The maximum Gasteiger partial charge on any atom is 0.319 e. The van der Waals surface area contributed by atoms with Crippen molar-refractivity contribution in [3.63, 3.8) is 0 Å². The third kappa shape index (κ3) is 4.38. The Morgan fingerprint density at radius 1 is 1.29 bits per heavy atom. The monoisotopic (exact) mass is 298 g/mol. The van der Waals surface area contributed by atoms with Gasteiger partial charge in [-0.25, -0.2) is 4.79 Å². The molecular formula is C13H19BrN2O. The number of nitrogens with one attached hydrogen (secondary N) is 2. The smallest absolute Gasteiger partial charge is 0.319 e. The van der Waals surface area contributed by atoms with Crippen molar-refractivity contribution in [2.24, 2.45) is 5.92 Å². The largest absolute Gasteiger partial charge is 0.335 e. The summed E-state index contributed by atoms with van der Waals surface area (Å²) >= 11 is 3.43. The summed E-state index contributed by atoms with van der Waals surface area (Å²) in [4.78, 5) is 11.7. The van der Waals surface area contributed by atoms with E-state index >= 15 is 0 Å². The van der Waals surface area contributed by atoms with Gasteiger partial charge in [0.2, 0.25) is 0 Å². The van der Waals surface area contributed by atoms with Gasteiger partial charge < -0.3 is 10.6 Å². The molecule has 0 saturated carbocycles. The number of carbonyl (C=O) groups is 1. The Kier molecular flexibility index (Phi) is 5.00. The number of urea groups is 1. The number of carbonyl (C=O) groups excluding carboxylic acids is 1. The van der Waals surface area contributed by atoms with Gasteiger partial charge in [0, 0.05) is 10.5 Å². The van der Waals surface area contributed by atoms with E-state index in [4.69, 9.17) is 0 Å². The molecule has 1 rings (SSSR count). The van der Waals surface area contributed by atoms with E-state index in [1.54, 1.807) is 0 Å². The van der Waals surface area contributed by atoms with Crippen LogP contribution in [0, 0.1) is 12.8 Å². The van der Waals surface area contributed by atoms with Crippen LogP contribution in [0.1, 0.15) is 26.3 Å². The summed E-state index contributed by atoms with van der Waals surface area (Å²) in [5.74, 6) is 0.419. The molecule has 17 heavy (non-hydrogen) atoms. The number of benzene rings is 1. The Labute approximate surface area is 111 Å². The molecule has 1 aromatic carbocycles. The van der Waals surface area contributed by atoms with E-state index < -0.39 is 0 Å². The first-order valence-electron chi connectivity index (χ1n) is 5.74. The minimum absolute atomic E-state index is 0.152. The van der Waals surface area contributed by atoms with Gasteiger partial charge in [-0.05, 0) is 53.4 Å². The molecule has 0 heterocycles. The number of hydrogen-bond acceptors (Lipinski definition) is 1. The summed E-state index contributed by atoms with van der Waals surface area (Å²) in [5, 5.41) is 5.73. The van der Waals surface area contributed by atoms with E-state index in [0.717, 1.165) is 15.7 Å². The van der Waals surface area contributed by atoms with Crippen molar-refractivity contribution in [2.45, 2.75) is 33.7 Å².